The van der Waals surface area contributed by atoms with Gasteiger partial charge in [0, 0.05) is 13.2 Å². The fraction of sp³-hybridized carbons (Fsp3) is 1.00. The topological polar surface area (TPSA) is 49.0 Å². The molecular formula is C13H27NO4. The highest BCUT2D eigenvalue weighted by Gasteiger charge is 2.20. The predicted octanol–water partition coefficient (Wildman–Crippen LogP) is 0.823. The lowest BCUT2D eigenvalue weighted by Crippen LogP contribution is -2.44. The molecule has 1 heterocycles. The van der Waals surface area contributed by atoms with E-state index in [1.807, 2.05) is 0 Å². The van der Waals surface area contributed by atoms with Crippen LogP contribution in [0.4, 0.5) is 0 Å². The molecule has 2 unspecified atom stereocenters. The molecule has 0 aliphatic carbocycles. The van der Waals surface area contributed by atoms with Gasteiger partial charge in [0.05, 0.1) is 45.7 Å². The van der Waals surface area contributed by atoms with E-state index in [-0.39, 0.29) is 0 Å². The molecule has 0 aromatic carbocycles. The van der Waals surface area contributed by atoms with Gasteiger partial charge in [0.2, 0.25) is 0 Å². The highest BCUT2D eigenvalue weighted by atomic mass is 16.6. The third-order valence-corrected chi connectivity index (χ3v) is 3.05. The molecule has 1 saturated heterocycles. The maximum Gasteiger partial charge on any atom is 0.0726 e. The van der Waals surface area contributed by atoms with Crippen LogP contribution in [-0.2, 0) is 18.9 Å². The first-order valence-electron chi connectivity index (χ1n) is 6.84. The van der Waals surface area contributed by atoms with Gasteiger partial charge in [-0.25, -0.2) is 0 Å². The van der Waals surface area contributed by atoms with E-state index in [9.17, 15) is 0 Å². The second-order valence-corrected chi connectivity index (χ2v) is 4.51. The SMILES string of the molecule is COCCOCCOCCOC1CCCNC1C. The van der Waals surface area contributed by atoms with Gasteiger partial charge in [-0.1, -0.05) is 0 Å². The van der Waals surface area contributed by atoms with E-state index in [1.54, 1.807) is 7.11 Å². The Kier molecular flexibility index (Phi) is 9.42. The van der Waals surface area contributed by atoms with Crippen molar-refractivity contribution in [3.63, 3.8) is 0 Å². The maximum atomic E-state index is 5.79. The average Bonchev–Trinajstić information content (AvgIpc) is 2.39. The molecule has 0 radical (unpaired) electrons. The van der Waals surface area contributed by atoms with Crippen molar-refractivity contribution < 1.29 is 18.9 Å². The molecule has 1 N–H and O–H groups in total. The Balaban J connectivity index is 1.83. The third kappa shape index (κ3) is 7.28. The lowest BCUT2D eigenvalue weighted by Gasteiger charge is -2.29. The van der Waals surface area contributed by atoms with Crippen LogP contribution in [0.3, 0.4) is 0 Å². The monoisotopic (exact) mass is 261 g/mol. The molecule has 5 nitrogen and oxygen atoms in total. The van der Waals surface area contributed by atoms with Crippen molar-refractivity contribution >= 4 is 0 Å². The number of piperidine rings is 1. The van der Waals surface area contributed by atoms with E-state index in [1.165, 1.54) is 6.42 Å². The fourth-order valence-electron chi connectivity index (χ4n) is 1.96. The molecule has 1 fully saturated rings. The van der Waals surface area contributed by atoms with Crippen LogP contribution in [0, 0.1) is 0 Å². The Morgan fingerprint density at radius 1 is 1.00 bits per heavy atom. The summed E-state index contributed by atoms with van der Waals surface area (Å²) in [6.45, 7) is 7.07. The standard InChI is InChI=1S/C13H27NO4/c1-12-13(4-3-5-14-12)18-11-10-17-9-8-16-7-6-15-2/h12-14H,3-11H2,1-2H3. The zero-order valence-corrected chi connectivity index (χ0v) is 11.7. The first kappa shape index (κ1) is 15.9. The number of methoxy groups -OCH3 is 1. The minimum Gasteiger partial charge on any atom is -0.382 e. The van der Waals surface area contributed by atoms with Crippen molar-refractivity contribution in [1.82, 2.24) is 5.32 Å². The molecule has 1 aliphatic heterocycles. The molecule has 1 aliphatic rings. The summed E-state index contributed by atoms with van der Waals surface area (Å²) >= 11 is 0. The highest BCUT2D eigenvalue weighted by Crippen LogP contribution is 2.11. The Morgan fingerprint density at radius 2 is 1.67 bits per heavy atom. The lowest BCUT2D eigenvalue weighted by molar-refractivity contribution is -0.0324. The molecule has 0 saturated carbocycles. The lowest BCUT2D eigenvalue weighted by atomic mass is 10.0. The minimum absolute atomic E-state index is 0.334. The van der Waals surface area contributed by atoms with Gasteiger partial charge in [-0.15, -0.1) is 0 Å². The number of rotatable bonds is 10. The molecule has 0 spiro atoms. The molecule has 5 heteroatoms. The van der Waals surface area contributed by atoms with Crippen LogP contribution in [0.5, 0.6) is 0 Å². The zero-order chi connectivity index (χ0) is 13.1. The quantitative estimate of drug-likeness (QED) is 0.590. The normalized spacial score (nSPS) is 24.3. The van der Waals surface area contributed by atoms with Crippen LogP contribution in [0.15, 0.2) is 0 Å². The Labute approximate surface area is 110 Å². The average molecular weight is 261 g/mol. The van der Waals surface area contributed by atoms with E-state index in [2.05, 4.69) is 12.2 Å². The van der Waals surface area contributed by atoms with Crippen LogP contribution < -0.4 is 5.32 Å². The summed E-state index contributed by atoms with van der Waals surface area (Å²) in [6, 6.07) is 0.455. The van der Waals surface area contributed by atoms with Crippen LogP contribution >= 0.6 is 0 Å². The number of hydrogen-bond acceptors (Lipinski definition) is 5. The van der Waals surface area contributed by atoms with Crippen molar-refractivity contribution in [2.45, 2.75) is 31.9 Å². The fourth-order valence-corrected chi connectivity index (χ4v) is 1.96. The van der Waals surface area contributed by atoms with E-state index in [0.717, 1.165) is 13.0 Å². The smallest absolute Gasteiger partial charge is 0.0726 e. The second-order valence-electron chi connectivity index (χ2n) is 4.51. The molecule has 0 aromatic rings. The van der Waals surface area contributed by atoms with Gasteiger partial charge >= 0.3 is 0 Å². The summed E-state index contributed by atoms with van der Waals surface area (Å²) in [5.74, 6) is 0. The van der Waals surface area contributed by atoms with Crippen molar-refractivity contribution in [3.05, 3.63) is 0 Å². The predicted molar refractivity (Wildman–Crippen MR) is 70.0 cm³/mol. The van der Waals surface area contributed by atoms with E-state index >= 15 is 0 Å². The Bertz CT molecular complexity index is 192. The zero-order valence-electron chi connectivity index (χ0n) is 11.7. The van der Waals surface area contributed by atoms with Crippen LogP contribution in [0.25, 0.3) is 0 Å². The van der Waals surface area contributed by atoms with Gasteiger partial charge in [0.15, 0.2) is 0 Å². The van der Waals surface area contributed by atoms with Crippen LogP contribution in [0.2, 0.25) is 0 Å². The largest absolute Gasteiger partial charge is 0.382 e. The van der Waals surface area contributed by atoms with Crippen LogP contribution in [0.1, 0.15) is 19.8 Å². The van der Waals surface area contributed by atoms with Gasteiger partial charge in [0.25, 0.3) is 0 Å². The summed E-state index contributed by atoms with van der Waals surface area (Å²) in [5, 5.41) is 3.42. The summed E-state index contributed by atoms with van der Waals surface area (Å²) in [4.78, 5) is 0. The Hall–Kier alpha value is -0.200. The third-order valence-electron chi connectivity index (χ3n) is 3.05. The summed E-state index contributed by atoms with van der Waals surface area (Å²) < 4.78 is 21.4. The minimum atomic E-state index is 0.334. The van der Waals surface area contributed by atoms with Gasteiger partial charge in [-0.05, 0) is 26.3 Å². The van der Waals surface area contributed by atoms with Crippen molar-refractivity contribution in [3.8, 4) is 0 Å². The first-order valence-corrected chi connectivity index (χ1v) is 6.84. The van der Waals surface area contributed by atoms with Gasteiger partial charge < -0.3 is 24.3 Å². The van der Waals surface area contributed by atoms with Gasteiger partial charge in [-0.3, -0.25) is 0 Å². The van der Waals surface area contributed by atoms with E-state index in [0.29, 0.717) is 51.8 Å². The summed E-state index contributed by atoms with van der Waals surface area (Å²) in [7, 11) is 1.66. The number of nitrogens with one attached hydrogen (secondary N) is 1. The second kappa shape index (κ2) is 10.7. The summed E-state index contributed by atoms with van der Waals surface area (Å²) in [5.41, 5.74) is 0. The molecule has 0 aromatic heterocycles. The molecule has 1 rings (SSSR count). The number of ether oxygens (including phenoxy) is 4. The maximum absolute atomic E-state index is 5.79. The van der Waals surface area contributed by atoms with Crippen molar-refractivity contribution in [1.29, 1.82) is 0 Å². The first-order chi connectivity index (χ1) is 8.84. The van der Waals surface area contributed by atoms with E-state index < -0.39 is 0 Å². The van der Waals surface area contributed by atoms with Gasteiger partial charge in [0.1, 0.15) is 0 Å². The molecule has 108 valence electrons. The van der Waals surface area contributed by atoms with Gasteiger partial charge in [-0.2, -0.15) is 0 Å². The van der Waals surface area contributed by atoms with Crippen molar-refractivity contribution in [2.24, 2.45) is 0 Å². The molecule has 0 bridgehead atoms. The molecule has 2 atom stereocenters. The highest BCUT2D eigenvalue weighted by molar-refractivity contribution is 4.77. The van der Waals surface area contributed by atoms with Crippen molar-refractivity contribution in [2.75, 3.05) is 53.3 Å². The van der Waals surface area contributed by atoms with E-state index in [4.69, 9.17) is 18.9 Å². The number of hydrogen-bond donors (Lipinski definition) is 1. The summed E-state index contributed by atoms with van der Waals surface area (Å²) in [6.07, 6.45) is 2.68. The molecule has 0 amide bonds. The Morgan fingerprint density at radius 3 is 2.33 bits per heavy atom. The molecule has 18 heavy (non-hydrogen) atoms. The molecular weight excluding hydrogens is 234 g/mol. The van der Waals surface area contributed by atoms with Crippen LogP contribution in [-0.4, -0.2) is 65.4 Å².